The number of halogens is 4. The zero-order chi connectivity index (χ0) is 21.6. The second-order valence-corrected chi connectivity index (χ2v) is 9.31. The van der Waals surface area contributed by atoms with E-state index in [0.29, 0.717) is 0 Å². The Morgan fingerprint density at radius 2 is 1.41 bits per heavy atom. The van der Waals surface area contributed by atoms with Crippen LogP contribution in [0.25, 0.3) is 0 Å². The Labute approximate surface area is 186 Å². The predicted octanol–water partition coefficient (Wildman–Crippen LogP) is 5.89. The summed E-state index contributed by atoms with van der Waals surface area (Å²) in [5, 5.41) is 20.5. The molecule has 0 aliphatic heterocycles. The van der Waals surface area contributed by atoms with Gasteiger partial charge in [0.1, 0.15) is 5.75 Å². The van der Waals surface area contributed by atoms with E-state index in [-0.39, 0.29) is 31.8 Å². The molecule has 0 saturated carbocycles. The molecule has 0 spiro atoms. The summed E-state index contributed by atoms with van der Waals surface area (Å²) in [4.78, 5) is 0. The summed E-state index contributed by atoms with van der Waals surface area (Å²) >= 11 is 24.1. The van der Waals surface area contributed by atoms with E-state index in [1.165, 1.54) is 48.5 Å². The van der Waals surface area contributed by atoms with Gasteiger partial charge < -0.3 is 10.2 Å². The zero-order valence-corrected chi connectivity index (χ0v) is 18.1. The van der Waals surface area contributed by atoms with Gasteiger partial charge in [0.25, 0.3) is 10.1 Å². The van der Waals surface area contributed by atoms with Gasteiger partial charge in [0, 0.05) is 21.2 Å². The van der Waals surface area contributed by atoms with Crippen LogP contribution < -0.4 is 0 Å². The summed E-state index contributed by atoms with van der Waals surface area (Å²) in [5.74, 6) is -1.12. The van der Waals surface area contributed by atoms with Crippen LogP contribution in [0.1, 0.15) is 16.7 Å². The number of phenols is 2. The Balaban J connectivity index is 2.61. The minimum Gasteiger partial charge on any atom is -0.508 e. The third-order valence-electron chi connectivity index (χ3n) is 4.40. The lowest BCUT2D eigenvalue weighted by atomic mass is 9.83. The van der Waals surface area contributed by atoms with E-state index in [4.69, 9.17) is 46.4 Å². The Morgan fingerprint density at radius 3 is 2.00 bits per heavy atom. The molecule has 3 aromatic rings. The molecule has 0 aromatic heterocycles. The monoisotopic (exact) mass is 492 g/mol. The van der Waals surface area contributed by atoms with Crippen molar-refractivity contribution in [2.45, 2.75) is 4.75 Å². The minimum atomic E-state index is -5.09. The quantitative estimate of drug-likeness (QED) is 0.311. The lowest BCUT2D eigenvalue weighted by molar-refractivity contribution is 0.439. The van der Waals surface area contributed by atoms with Crippen molar-refractivity contribution in [2.75, 3.05) is 0 Å². The van der Waals surface area contributed by atoms with Crippen LogP contribution in [0.2, 0.25) is 20.1 Å². The fourth-order valence-corrected chi connectivity index (χ4v) is 5.45. The Bertz CT molecular complexity index is 1210. The van der Waals surface area contributed by atoms with E-state index in [9.17, 15) is 23.2 Å². The number of hydrogen-bond donors (Lipinski definition) is 3. The largest absolute Gasteiger partial charge is 0.508 e. The Morgan fingerprint density at radius 1 is 0.793 bits per heavy atom. The molecule has 0 radical (unpaired) electrons. The second kappa shape index (κ2) is 7.87. The summed E-state index contributed by atoms with van der Waals surface area (Å²) in [6.07, 6.45) is 0. The predicted molar refractivity (Wildman–Crippen MR) is 114 cm³/mol. The van der Waals surface area contributed by atoms with E-state index < -0.39 is 31.4 Å². The van der Waals surface area contributed by atoms with Gasteiger partial charge in [-0.1, -0.05) is 70.7 Å². The van der Waals surface area contributed by atoms with E-state index in [0.717, 1.165) is 6.07 Å². The maximum absolute atomic E-state index is 12.9. The molecule has 3 aromatic carbocycles. The van der Waals surface area contributed by atoms with Crippen molar-refractivity contribution in [1.82, 2.24) is 0 Å². The van der Waals surface area contributed by atoms with Crippen molar-refractivity contribution < 1.29 is 23.2 Å². The van der Waals surface area contributed by atoms with Crippen LogP contribution in [-0.2, 0) is 14.9 Å². The zero-order valence-electron chi connectivity index (χ0n) is 14.3. The fraction of sp³-hybridized carbons (Fsp3) is 0.0526. The summed E-state index contributed by atoms with van der Waals surface area (Å²) in [6, 6.07) is 11.8. The van der Waals surface area contributed by atoms with Crippen LogP contribution in [0.4, 0.5) is 0 Å². The molecule has 3 N–H and O–H groups in total. The molecular formula is C19H12Cl4O5S. The highest BCUT2D eigenvalue weighted by molar-refractivity contribution is 7.87. The summed E-state index contributed by atoms with van der Waals surface area (Å²) in [7, 11) is -5.09. The molecule has 3 rings (SSSR count). The van der Waals surface area contributed by atoms with Crippen LogP contribution in [0.3, 0.4) is 0 Å². The van der Waals surface area contributed by atoms with E-state index in [2.05, 4.69) is 0 Å². The average molecular weight is 494 g/mol. The third-order valence-corrected chi connectivity index (χ3v) is 7.01. The average Bonchev–Trinajstić information content (AvgIpc) is 2.62. The number of benzene rings is 3. The SMILES string of the molecule is O=S(=O)(O)C(c1cccc(Cl)c1)(c1ccc(Cl)cc1O)c1ccc(Cl)c(O)c1Cl. The maximum Gasteiger partial charge on any atom is 0.283 e. The van der Waals surface area contributed by atoms with Crippen LogP contribution in [0, 0.1) is 0 Å². The summed E-state index contributed by atoms with van der Waals surface area (Å²) < 4.78 is 33.9. The van der Waals surface area contributed by atoms with Crippen molar-refractivity contribution >= 4 is 56.5 Å². The normalized spacial score (nSPS) is 13.8. The first-order valence-corrected chi connectivity index (χ1v) is 10.8. The smallest absolute Gasteiger partial charge is 0.283 e. The topological polar surface area (TPSA) is 94.8 Å². The lowest BCUT2D eigenvalue weighted by Gasteiger charge is -2.34. The van der Waals surface area contributed by atoms with Gasteiger partial charge in [0.2, 0.25) is 0 Å². The van der Waals surface area contributed by atoms with E-state index >= 15 is 0 Å². The summed E-state index contributed by atoms with van der Waals surface area (Å²) in [6.45, 7) is 0. The molecule has 0 aliphatic carbocycles. The highest BCUT2D eigenvalue weighted by Gasteiger charge is 2.51. The Kier molecular flexibility index (Phi) is 5.98. The third kappa shape index (κ3) is 3.65. The van der Waals surface area contributed by atoms with Crippen molar-refractivity contribution in [1.29, 1.82) is 0 Å². The number of aromatic hydroxyl groups is 2. The minimum absolute atomic E-state index is 0.0336. The maximum atomic E-state index is 12.9. The van der Waals surface area contributed by atoms with Gasteiger partial charge in [0.15, 0.2) is 10.5 Å². The van der Waals surface area contributed by atoms with Gasteiger partial charge in [-0.15, -0.1) is 0 Å². The Hall–Kier alpha value is -1.67. The molecule has 5 nitrogen and oxygen atoms in total. The molecule has 1 unspecified atom stereocenters. The molecule has 10 heteroatoms. The van der Waals surface area contributed by atoms with E-state index in [1.807, 2.05) is 0 Å². The van der Waals surface area contributed by atoms with E-state index in [1.54, 1.807) is 0 Å². The fourth-order valence-electron chi connectivity index (χ4n) is 3.21. The molecule has 29 heavy (non-hydrogen) atoms. The van der Waals surface area contributed by atoms with Gasteiger partial charge in [-0.05, 0) is 35.9 Å². The van der Waals surface area contributed by atoms with Gasteiger partial charge in [-0.2, -0.15) is 8.42 Å². The molecule has 152 valence electrons. The van der Waals surface area contributed by atoms with Gasteiger partial charge >= 0.3 is 0 Å². The first-order chi connectivity index (χ1) is 13.5. The van der Waals surface area contributed by atoms with Gasteiger partial charge in [0.05, 0.1) is 10.0 Å². The number of rotatable bonds is 4. The first kappa shape index (κ1) is 22.0. The second-order valence-electron chi connectivity index (χ2n) is 6.09. The number of phenolic OH excluding ortho intramolecular Hbond substituents is 2. The molecule has 0 aliphatic rings. The molecule has 0 fully saturated rings. The standard InChI is InChI=1S/C19H12Cl4O5S/c20-11-3-1-2-10(8-11)19(29(26,27)28,13-5-4-12(21)9-16(13)24)14-6-7-15(22)18(25)17(14)23/h1-9,24-25H,(H,26,27,28). The first-order valence-electron chi connectivity index (χ1n) is 7.89. The van der Waals surface area contributed by atoms with Crippen LogP contribution >= 0.6 is 46.4 Å². The van der Waals surface area contributed by atoms with Crippen LogP contribution in [-0.4, -0.2) is 23.2 Å². The van der Waals surface area contributed by atoms with Crippen molar-refractivity contribution in [3.63, 3.8) is 0 Å². The van der Waals surface area contributed by atoms with Crippen molar-refractivity contribution in [3.8, 4) is 11.5 Å². The highest BCUT2D eigenvalue weighted by Crippen LogP contribution is 2.52. The lowest BCUT2D eigenvalue weighted by Crippen LogP contribution is -2.38. The molecule has 1 atom stereocenters. The van der Waals surface area contributed by atoms with Crippen LogP contribution in [0.15, 0.2) is 54.6 Å². The number of hydrogen-bond acceptors (Lipinski definition) is 4. The van der Waals surface area contributed by atoms with Crippen molar-refractivity contribution in [3.05, 3.63) is 91.4 Å². The highest BCUT2D eigenvalue weighted by atomic mass is 35.5. The van der Waals surface area contributed by atoms with Gasteiger partial charge in [-0.3, -0.25) is 4.55 Å². The van der Waals surface area contributed by atoms with Crippen LogP contribution in [0.5, 0.6) is 11.5 Å². The molecular weight excluding hydrogens is 482 g/mol. The molecule has 0 bridgehead atoms. The van der Waals surface area contributed by atoms with Gasteiger partial charge in [-0.25, -0.2) is 0 Å². The molecule has 0 saturated heterocycles. The molecule has 0 amide bonds. The van der Waals surface area contributed by atoms with Crippen molar-refractivity contribution in [2.24, 2.45) is 0 Å². The molecule has 0 heterocycles. The summed E-state index contributed by atoms with van der Waals surface area (Å²) in [5.41, 5.74) is -0.535.